The molecule has 0 spiro atoms. The van der Waals surface area contributed by atoms with Gasteiger partial charge in [-0.3, -0.25) is 4.79 Å². The topological polar surface area (TPSA) is 50.1 Å². The highest BCUT2D eigenvalue weighted by Crippen LogP contribution is 2.35. The Morgan fingerprint density at radius 1 is 1.44 bits per heavy atom. The highest BCUT2D eigenvalue weighted by molar-refractivity contribution is 5.88. The third-order valence-electron chi connectivity index (χ3n) is 3.32. The minimum absolute atomic E-state index is 0.125. The fourth-order valence-corrected chi connectivity index (χ4v) is 2.12. The summed E-state index contributed by atoms with van der Waals surface area (Å²) in [6, 6.07) is 2.23. The zero-order chi connectivity index (χ0) is 11.9. The SMILES string of the molecule is CCCCOCCC1(C#N)CCCCC1=O. The monoisotopic (exact) mass is 223 g/mol. The van der Waals surface area contributed by atoms with Crippen molar-refractivity contribution in [2.24, 2.45) is 5.41 Å². The van der Waals surface area contributed by atoms with Crippen molar-refractivity contribution < 1.29 is 9.53 Å². The zero-order valence-corrected chi connectivity index (χ0v) is 10.1. The van der Waals surface area contributed by atoms with Crippen LogP contribution in [0.3, 0.4) is 0 Å². The molecule has 1 atom stereocenters. The van der Waals surface area contributed by atoms with Crippen LogP contribution >= 0.6 is 0 Å². The molecule has 3 heteroatoms. The third kappa shape index (κ3) is 3.31. The lowest BCUT2D eigenvalue weighted by molar-refractivity contribution is -0.129. The minimum Gasteiger partial charge on any atom is -0.381 e. The normalized spacial score (nSPS) is 25.4. The molecule has 0 aromatic rings. The Morgan fingerprint density at radius 2 is 2.25 bits per heavy atom. The van der Waals surface area contributed by atoms with Crippen LogP contribution in [-0.4, -0.2) is 19.0 Å². The number of nitriles is 1. The number of hydrogen-bond acceptors (Lipinski definition) is 3. The lowest BCUT2D eigenvalue weighted by atomic mass is 9.72. The molecular weight excluding hydrogens is 202 g/mol. The van der Waals surface area contributed by atoms with Crippen LogP contribution in [0.25, 0.3) is 0 Å². The Labute approximate surface area is 97.8 Å². The number of ketones is 1. The Kier molecular flexibility index (Phi) is 5.48. The molecule has 1 aliphatic rings. The number of carbonyl (C=O) groups is 1. The van der Waals surface area contributed by atoms with E-state index in [0.717, 1.165) is 38.7 Å². The van der Waals surface area contributed by atoms with Crippen LogP contribution in [-0.2, 0) is 9.53 Å². The largest absolute Gasteiger partial charge is 0.381 e. The molecule has 90 valence electrons. The van der Waals surface area contributed by atoms with Crippen molar-refractivity contribution in [2.45, 2.75) is 51.9 Å². The van der Waals surface area contributed by atoms with Gasteiger partial charge in [-0.1, -0.05) is 19.8 Å². The standard InChI is InChI=1S/C13H21NO2/c1-2-3-9-16-10-8-13(11-14)7-5-4-6-12(13)15/h2-10H2,1H3. The van der Waals surface area contributed by atoms with Gasteiger partial charge in [0.15, 0.2) is 5.78 Å². The molecule has 0 radical (unpaired) electrons. The average molecular weight is 223 g/mol. The Balaban J connectivity index is 2.36. The lowest BCUT2D eigenvalue weighted by Crippen LogP contribution is -2.34. The third-order valence-corrected chi connectivity index (χ3v) is 3.32. The molecule has 0 N–H and O–H groups in total. The van der Waals surface area contributed by atoms with Gasteiger partial charge in [0.2, 0.25) is 0 Å². The molecule has 0 aliphatic heterocycles. The van der Waals surface area contributed by atoms with E-state index in [9.17, 15) is 10.1 Å². The lowest BCUT2D eigenvalue weighted by Gasteiger charge is -2.28. The van der Waals surface area contributed by atoms with Crippen LogP contribution in [0.5, 0.6) is 0 Å². The van der Waals surface area contributed by atoms with Crippen LogP contribution in [0, 0.1) is 16.7 Å². The molecule has 1 saturated carbocycles. The Morgan fingerprint density at radius 3 is 2.88 bits per heavy atom. The number of Topliss-reactive ketones (excluding diaryl/α,β-unsaturated/α-hetero) is 1. The van der Waals surface area contributed by atoms with Crippen molar-refractivity contribution in [3.63, 3.8) is 0 Å². The summed E-state index contributed by atoms with van der Waals surface area (Å²) in [5.41, 5.74) is -0.732. The summed E-state index contributed by atoms with van der Waals surface area (Å²) in [5, 5.41) is 9.19. The van der Waals surface area contributed by atoms with Crippen molar-refractivity contribution in [1.82, 2.24) is 0 Å². The molecule has 16 heavy (non-hydrogen) atoms. The molecule has 0 amide bonds. The minimum atomic E-state index is -0.732. The highest BCUT2D eigenvalue weighted by atomic mass is 16.5. The Bertz CT molecular complexity index is 270. The highest BCUT2D eigenvalue weighted by Gasteiger charge is 2.39. The van der Waals surface area contributed by atoms with Crippen LogP contribution < -0.4 is 0 Å². The van der Waals surface area contributed by atoms with Gasteiger partial charge in [0.25, 0.3) is 0 Å². The molecule has 1 fully saturated rings. The number of rotatable bonds is 6. The molecular formula is C13H21NO2. The van der Waals surface area contributed by atoms with Gasteiger partial charge in [0, 0.05) is 19.6 Å². The van der Waals surface area contributed by atoms with Crippen molar-refractivity contribution in [1.29, 1.82) is 5.26 Å². The number of nitrogens with zero attached hydrogens (tertiary/aromatic N) is 1. The first-order valence-corrected chi connectivity index (χ1v) is 6.27. The van der Waals surface area contributed by atoms with Gasteiger partial charge in [0.1, 0.15) is 5.41 Å². The molecule has 0 aromatic heterocycles. The van der Waals surface area contributed by atoms with E-state index >= 15 is 0 Å². The van der Waals surface area contributed by atoms with Crippen LogP contribution in [0.2, 0.25) is 0 Å². The molecule has 1 aliphatic carbocycles. The smallest absolute Gasteiger partial charge is 0.153 e. The number of unbranched alkanes of at least 4 members (excludes halogenated alkanes) is 1. The average Bonchev–Trinajstić information content (AvgIpc) is 2.31. The predicted molar refractivity (Wildman–Crippen MR) is 61.9 cm³/mol. The van der Waals surface area contributed by atoms with E-state index in [1.54, 1.807) is 0 Å². The van der Waals surface area contributed by atoms with Crippen molar-refractivity contribution >= 4 is 5.78 Å². The molecule has 0 heterocycles. The van der Waals surface area contributed by atoms with Crippen LogP contribution in [0.4, 0.5) is 0 Å². The summed E-state index contributed by atoms with van der Waals surface area (Å²) < 4.78 is 5.45. The first-order chi connectivity index (χ1) is 7.75. The second-order valence-electron chi connectivity index (χ2n) is 4.54. The maximum atomic E-state index is 11.8. The zero-order valence-electron chi connectivity index (χ0n) is 10.1. The first kappa shape index (κ1) is 13.2. The van der Waals surface area contributed by atoms with Crippen molar-refractivity contribution in [3.8, 4) is 6.07 Å². The fourth-order valence-electron chi connectivity index (χ4n) is 2.12. The Hall–Kier alpha value is -0.880. The van der Waals surface area contributed by atoms with Gasteiger partial charge in [-0.25, -0.2) is 0 Å². The number of carbonyl (C=O) groups excluding carboxylic acids is 1. The summed E-state index contributed by atoms with van der Waals surface area (Å²) in [6.45, 7) is 3.40. The van der Waals surface area contributed by atoms with Gasteiger partial charge < -0.3 is 4.74 Å². The van der Waals surface area contributed by atoms with Crippen LogP contribution in [0.1, 0.15) is 51.9 Å². The van der Waals surface area contributed by atoms with E-state index < -0.39 is 5.41 Å². The van der Waals surface area contributed by atoms with Crippen LogP contribution in [0.15, 0.2) is 0 Å². The van der Waals surface area contributed by atoms with Gasteiger partial charge >= 0.3 is 0 Å². The van der Waals surface area contributed by atoms with E-state index in [0.29, 0.717) is 19.4 Å². The van der Waals surface area contributed by atoms with Gasteiger partial charge in [-0.15, -0.1) is 0 Å². The maximum absolute atomic E-state index is 11.8. The van der Waals surface area contributed by atoms with Gasteiger partial charge in [-0.2, -0.15) is 5.26 Å². The molecule has 0 aromatic carbocycles. The van der Waals surface area contributed by atoms with Gasteiger partial charge in [0.05, 0.1) is 6.07 Å². The van der Waals surface area contributed by atoms with Crippen molar-refractivity contribution in [2.75, 3.05) is 13.2 Å². The summed E-state index contributed by atoms with van der Waals surface area (Å²) >= 11 is 0. The summed E-state index contributed by atoms with van der Waals surface area (Å²) in [7, 11) is 0. The van der Waals surface area contributed by atoms with E-state index in [4.69, 9.17) is 4.74 Å². The molecule has 1 rings (SSSR count). The molecule has 1 unspecified atom stereocenters. The molecule has 3 nitrogen and oxygen atoms in total. The van der Waals surface area contributed by atoms with E-state index in [1.807, 2.05) is 0 Å². The fraction of sp³-hybridized carbons (Fsp3) is 0.846. The van der Waals surface area contributed by atoms with Crippen molar-refractivity contribution in [3.05, 3.63) is 0 Å². The van der Waals surface area contributed by atoms with E-state index in [-0.39, 0.29) is 5.78 Å². The number of hydrogen-bond donors (Lipinski definition) is 0. The molecule has 0 saturated heterocycles. The summed E-state index contributed by atoms with van der Waals surface area (Å²) in [5.74, 6) is 0.125. The van der Waals surface area contributed by atoms with E-state index in [1.165, 1.54) is 0 Å². The summed E-state index contributed by atoms with van der Waals surface area (Å²) in [6.07, 6.45) is 5.97. The van der Waals surface area contributed by atoms with E-state index in [2.05, 4.69) is 13.0 Å². The second-order valence-corrected chi connectivity index (χ2v) is 4.54. The molecule has 0 bridgehead atoms. The number of ether oxygens (including phenoxy) is 1. The summed E-state index contributed by atoms with van der Waals surface area (Å²) in [4.78, 5) is 11.8. The quantitative estimate of drug-likeness (QED) is 0.650. The second kappa shape index (κ2) is 6.65. The van der Waals surface area contributed by atoms with Gasteiger partial charge in [-0.05, 0) is 25.7 Å². The maximum Gasteiger partial charge on any atom is 0.153 e. The first-order valence-electron chi connectivity index (χ1n) is 6.27. The predicted octanol–water partition coefficient (Wildman–Crippen LogP) is 2.85.